The van der Waals surface area contributed by atoms with E-state index in [1.165, 1.54) is 0 Å². The molecule has 0 heterocycles. The van der Waals surface area contributed by atoms with Crippen LogP contribution >= 0.6 is 24.0 Å². The average Bonchev–Trinajstić information content (AvgIpc) is 2.48. The molecule has 3 N–H and O–H groups in total. The summed E-state index contributed by atoms with van der Waals surface area (Å²) in [5, 5.41) is 2.86. The summed E-state index contributed by atoms with van der Waals surface area (Å²) in [7, 11) is 0. The van der Waals surface area contributed by atoms with Gasteiger partial charge in [0, 0.05) is 25.2 Å². The molecule has 0 unspecified atom stereocenters. The quantitative estimate of drug-likeness (QED) is 0.406. The van der Waals surface area contributed by atoms with E-state index in [2.05, 4.69) is 24.2 Å². The van der Waals surface area contributed by atoms with Gasteiger partial charge in [-0.25, -0.2) is 4.99 Å². The molecule has 5 nitrogen and oxygen atoms in total. The molecule has 0 saturated heterocycles. The maximum atomic E-state index is 11.5. The van der Waals surface area contributed by atoms with Crippen LogP contribution in [0.25, 0.3) is 0 Å². The number of nitrogens with zero attached hydrogens (tertiary/aromatic N) is 2. The van der Waals surface area contributed by atoms with Crippen LogP contribution in [0.5, 0.6) is 0 Å². The molecule has 6 heteroatoms. The largest absolute Gasteiger partial charge is 0.370 e. The van der Waals surface area contributed by atoms with Crippen LogP contribution in [0, 0.1) is 0 Å². The Morgan fingerprint density at radius 3 is 2.27 bits per heavy atom. The first-order valence-corrected chi connectivity index (χ1v) is 7.54. The Labute approximate surface area is 150 Å². The van der Waals surface area contributed by atoms with Crippen molar-refractivity contribution in [2.24, 2.45) is 10.7 Å². The highest BCUT2D eigenvalue weighted by Gasteiger charge is 2.03. The zero-order chi connectivity index (χ0) is 15.7. The van der Waals surface area contributed by atoms with E-state index >= 15 is 0 Å². The molecule has 0 fully saturated rings. The van der Waals surface area contributed by atoms with E-state index in [1.54, 1.807) is 0 Å². The zero-order valence-electron chi connectivity index (χ0n) is 13.6. The first kappa shape index (κ1) is 20.7. The third-order valence-electron chi connectivity index (χ3n) is 3.23. The first-order chi connectivity index (χ1) is 10.1. The van der Waals surface area contributed by atoms with Crippen LogP contribution < -0.4 is 11.1 Å². The Morgan fingerprint density at radius 1 is 1.18 bits per heavy atom. The standard InChI is InChI=1S/C16H26N4O.HI/c1-4-7-15(21)19-14-10-8-13(9-11-14)12-18-16(17)20(5-2)6-3;/h8-11H,4-7,12H2,1-3H3,(H2,17,18)(H,19,21);1H. The van der Waals surface area contributed by atoms with Crippen molar-refractivity contribution in [3.05, 3.63) is 29.8 Å². The second-order valence-electron chi connectivity index (χ2n) is 4.84. The minimum atomic E-state index is 0. The molecule has 0 aromatic heterocycles. The Hall–Kier alpha value is -1.31. The molecule has 0 atom stereocenters. The van der Waals surface area contributed by atoms with E-state index in [0.29, 0.717) is 18.9 Å². The molecule has 0 bridgehead atoms. The fraction of sp³-hybridized carbons (Fsp3) is 0.500. The van der Waals surface area contributed by atoms with Crippen molar-refractivity contribution in [2.45, 2.75) is 40.2 Å². The number of anilines is 1. The molecule has 1 amide bonds. The molecule has 22 heavy (non-hydrogen) atoms. The van der Waals surface area contributed by atoms with Crippen molar-refractivity contribution in [3.63, 3.8) is 0 Å². The summed E-state index contributed by atoms with van der Waals surface area (Å²) >= 11 is 0. The number of hydrogen-bond donors (Lipinski definition) is 2. The minimum Gasteiger partial charge on any atom is -0.370 e. The van der Waals surface area contributed by atoms with Crippen LogP contribution in [0.2, 0.25) is 0 Å². The number of carbonyl (C=O) groups excluding carboxylic acids is 1. The lowest BCUT2D eigenvalue weighted by Crippen LogP contribution is -2.37. The Morgan fingerprint density at radius 2 is 1.77 bits per heavy atom. The summed E-state index contributed by atoms with van der Waals surface area (Å²) in [4.78, 5) is 17.9. The molecular formula is C16H27IN4O. The predicted octanol–water partition coefficient (Wildman–Crippen LogP) is 3.20. The van der Waals surface area contributed by atoms with Crippen LogP contribution in [-0.4, -0.2) is 29.9 Å². The topological polar surface area (TPSA) is 70.7 Å². The molecule has 0 aliphatic rings. The highest BCUT2D eigenvalue weighted by atomic mass is 127. The SMILES string of the molecule is CCCC(=O)Nc1ccc(CN=C(N)N(CC)CC)cc1.I. The highest BCUT2D eigenvalue weighted by Crippen LogP contribution is 2.11. The Bertz CT molecular complexity index is 470. The van der Waals surface area contributed by atoms with Crippen molar-refractivity contribution < 1.29 is 4.79 Å². The smallest absolute Gasteiger partial charge is 0.224 e. The van der Waals surface area contributed by atoms with Gasteiger partial charge in [-0.3, -0.25) is 4.79 Å². The first-order valence-electron chi connectivity index (χ1n) is 7.54. The number of carbonyl (C=O) groups is 1. The van der Waals surface area contributed by atoms with Crippen molar-refractivity contribution in [3.8, 4) is 0 Å². The summed E-state index contributed by atoms with van der Waals surface area (Å²) in [6.07, 6.45) is 1.40. The molecule has 124 valence electrons. The second kappa shape index (κ2) is 11.3. The van der Waals surface area contributed by atoms with Gasteiger partial charge >= 0.3 is 0 Å². The molecule has 0 aliphatic carbocycles. The van der Waals surface area contributed by atoms with E-state index < -0.39 is 0 Å². The number of hydrogen-bond acceptors (Lipinski definition) is 2. The Kier molecular flexibility index (Phi) is 10.6. The van der Waals surface area contributed by atoms with Crippen LogP contribution in [0.1, 0.15) is 39.2 Å². The number of aliphatic imine (C=N–C) groups is 1. The highest BCUT2D eigenvalue weighted by molar-refractivity contribution is 14.0. The number of nitrogens with one attached hydrogen (secondary N) is 1. The number of rotatable bonds is 7. The zero-order valence-corrected chi connectivity index (χ0v) is 16.0. The van der Waals surface area contributed by atoms with Gasteiger partial charge in [-0.05, 0) is 38.0 Å². The van der Waals surface area contributed by atoms with Crippen LogP contribution in [0.4, 0.5) is 5.69 Å². The van der Waals surface area contributed by atoms with Gasteiger partial charge in [0.15, 0.2) is 5.96 Å². The fourth-order valence-electron chi connectivity index (χ4n) is 1.96. The van der Waals surface area contributed by atoms with E-state index in [0.717, 1.165) is 30.8 Å². The van der Waals surface area contributed by atoms with Gasteiger partial charge in [-0.15, -0.1) is 24.0 Å². The van der Waals surface area contributed by atoms with Gasteiger partial charge in [0.2, 0.25) is 5.91 Å². The van der Waals surface area contributed by atoms with Gasteiger partial charge in [0.05, 0.1) is 6.54 Å². The van der Waals surface area contributed by atoms with Gasteiger partial charge in [0.25, 0.3) is 0 Å². The molecular weight excluding hydrogens is 391 g/mol. The molecule has 1 rings (SSSR count). The summed E-state index contributed by atoms with van der Waals surface area (Å²) in [6.45, 7) is 8.36. The van der Waals surface area contributed by atoms with E-state index in [-0.39, 0.29) is 29.9 Å². The molecule has 0 saturated carbocycles. The lowest BCUT2D eigenvalue weighted by atomic mass is 10.2. The minimum absolute atomic E-state index is 0. The number of halogens is 1. The van der Waals surface area contributed by atoms with Gasteiger partial charge < -0.3 is 16.0 Å². The van der Waals surface area contributed by atoms with Crippen LogP contribution in [0.15, 0.2) is 29.3 Å². The van der Waals surface area contributed by atoms with Crippen molar-refractivity contribution in [1.29, 1.82) is 0 Å². The summed E-state index contributed by atoms with van der Waals surface area (Å²) in [5.41, 5.74) is 7.82. The molecule has 0 aliphatic heterocycles. The van der Waals surface area contributed by atoms with E-state index in [9.17, 15) is 4.79 Å². The Balaban J connectivity index is 0.00000441. The third kappa shape index (κ3) is 7.11. The average molecular weight is 418 g/mol. The van der Waals surface area contributed by atoms with Crippen molar-refractivity contribution in [2.75, 3.05) is 18.4 Å². The number of amides is 1. The summed E-state index contributed by atoms with van der Waals surface area (Å²) in [5.74, 6) is 0.620. The normalized spacial score (nSPS) is 10.8. The molecule has 0 radical (unpaired) electrons. The van der Waals surface area contributed by atoms with Gasteiger partial charge in [-0.2, -0.15) is 0 Å². The van der Waals surface area contributed by atoms with Crippen molar-refractivity contribution >= 4 is 41.5 Å². The van der Waals surface area contributed by atoms with Crippen LogP contribution in [-0.2, 0) is 11.3 Å². The lowest BCUT2D eigenvalue weighted by molar-refractivity contribution is -0.116. The van der Waals surface area contributed by atoms with Crippen LogP contribution in [0.3, 0.4) is 0 Å². The molecule has 1 aromatic rings. The summed E-state index contributed by atoms with van der Waals surface area (Å²) in [6, 6.07) is 7.71. The fourth-order valence-corrected chi connectivity index (χ4v) is 1.96. The second-order valence-corrected chi connectivity index (χ2v) is 4.84. The number of nitrogens with two attached hydrogens (primary N) is 1. The van der Waals surface area contributed by atoms with Gasteiger partial charge in [-0.1, -0.05) is 19.1 Å². The monoisotopic (exact) mass is 418 g/mol. The lowest BCUT2D eigenvalue weighted by Gasteiger charge is -2.19. The van der Waals surface area contributed by atoms with Gasteiger partial charge in [0.1, 0.15) is 0 Å². The molecule has 1 aromatic carbocycles. The van der Waals surface area contributed by atoms with E-state index in [4.69, 9.17) is 5.73 Å². The maximum Gasteiger partial charge on any atom is 0.224 e. The predicted molar refractivity (Wildman–Crippen MR) is 104 cm³/mol. The van der Waals surface area contributed by atoms with Crippen molar-refractivity contribution in [1.82, 2.24) is 4.90 Å². The third-order valence-corrected chi connectivity index (χ3v) is 3.23. The summed E-state index contributed by atoms with van der Waals surface area (Å²) < 4.78 is 0. The number of benzene rings is 1. The number of guanidine groups is 1. The molecule has 0 spiro atoms. The van der Waals surface area contributed by atoms with E-state index in [1.807, 2.05) is 36.1 Å². The maximum absolute atomic E-state index is 11.5.